The second kappa shape index (κ2) is 10.1. The number of rotatable bonds is 8. The van der Waals surface area contributed by atoms with Crippen molar-refractivity contribution in [2.45, 2.75) is 13.1 Å². The summed E-state index contributed by atoms with van der Waals surface area (Å²) in [5, 5.41) is 13.1. The van der Waals surface area contributed by atoms with Gasteiger partial charge in [-0.25, -0.2) is 13.9 Å². The number of tetrazole rings is 1. The lowest BCUT2D eigenvalue weighted by atomic mass is 10.2. The molecular formula is C20H19FN6O4. The molecule has 0 fully saturated rings. The van der Waals surface area contributed by atoms with Gasteiger partial charge in [0.1, 0.15) is 18.7 Å². The molecule has 2 aromatic carbocycles. The minimum atomic E-state index is -0.786. The number of carbonyl (C=O) groups is 3. The van der Waals surface area contributed by atoms with Crippen LogP contribution in [0.15, 0.2) is 54.9 Å². The van der Waals surface area contributed by atoms with Gasteiger partial charge in [0.05, 0.1) is 11.3 Å². The van der Waals surface area contributed by atoms with Gasteiger partial charge in [0, 0.05) is 19.2 Å². The van der Waals surface area contributed by atoms with Crippen molar-refractivity contribution in [1.29, 1.82) is 0 Å². The summed E-state index contributed by atoms with van der Waals surface area (Å²) in [5.74, 6) is -2.17. The standard InChI is InChI=1S/C20H19FN6O4/c1-26(10-14-6-2-4-8-16(14)21)19(29)12-31-20(30)15-7-3-5-9-17(15)23-18(28)11-27-13-22-24-25-27/h2-9,13H,10-12H2,1H3,(H,23,28). The Labute approximate surface area is 176 Å². The van der Waals surface area contributed by atoms with Crippen molar-refractivity contribution in [2.75, 3.05) is 19.0 Å². The van der Waals surface area contributed by atoms with Crippen molar-refractivity contribution in [3.05, 3.63) is 71.8 Å². The molecule has 31 heavy (non-hydrogen) atoms. The molecule has 10 nitrogen and oxygen atoms in total. The molecule has 3 aromatic rings. The maximum absolute atomic E-state index is 13.7. The summed E-state index contributed by atoms with van der Waals surface area (Å²) in [6, 6.07) is 12.3. The molecule has 0 aliphatic heterocycles. The maximum atomic E-state index is 13.7. The number of anilines is 1. The van der Waals surface area contributed by atoms with Crippen LogP contribution in [-0.4, -0.2) is 56.5 Å². The number of likely N-dealkylation sites (N-methyl/N-ethyl adjacent to an activating group) is 1. The van der Waals surface area contributed by atoms with Crippen LogP contribution in [0.5, 0.6) is 0 Å². The highest BCUT2D eigenvalue weighted by Crippen LogP contribution is 2.16. The van der Waals surface area contributed by atoms with Gasteiger partial charge in [-0.15, -0.1) is 5.10 Å². The van der Waals surface area contributed by atoms with Crippen LogP contribution in [0, 0.1) is 5.82 Å². The van der Waals surface area contributed by atoms with Crippen LogP contribution in [-0.2, 0) is 27.4 Å². The summed E-state index contributed by atoms with van der Waals surface area (Å²) >= 11 is 0. The average molecular weight is 426 g/mol. The third-order valence-electron chi connectivity index (χ3n) is 4.24. The Morgan fingerprint density at radius 3 is 2.61 bits per heavy atom. The fourth-order valence-corrected chi connectivity index (χ4v) is 2.65. The van der Waals surface area contributed by atoms with E-state index in [-0.39, 0.29) is 24.3 Å². The first-order valence-corrected chi connectivity index (χ1v) is 9.18. The Kier molecular flexibility index (Phi) is 6.99. The van der Waals surface area contributed by atoms with E-state index in [1.807, 2.05) is 0 Å². The highest BCUT2D eigenvalue weighted by molar-refractivity contribution is 6.01. The molecule has 0 unspecified atom stereocenters. The van der Waals surface area contributed by atoms with E-state index in [0.717, 1.165) is 0 Å². The third kappa shape index (κ3) is 5.92. The lowest BCUT2D eigenvalue weighted by Gasteiger charge is -2.18. The van der Waals surface area contributed by atoms with Crippen molar-refractivity contribution in [3.8, 4) is 0 Å². The Balaban J connectivity index is 1.57. The van der Waals surface area contributed by atoms with Gasteiger partial charge in [-0.1, -0.05) is 30.3 Å². The number of hydrogen-bond donors (Lipinski definition) is 1. The fourth-order valence-electron chi connectivity index (χ4n) is 2.65. The largest absolute Gasteiger partial charge is 0.452 e. The first-order chi connectivity index (χ1) is 14.9. The van der Waals surface area contributed by atoms with Crippen molar-refractivity contribution < 1.29 is 23.5 Å². The molecule has 0 aliphatic rings. The van der Waals surface area contributed by atoms with E-state index in [0.29, 0.717) is 5.56 Å². The number of esters is 1. The van der Waals surface area contributed by atoms with Gasteiger partial charge < -0.3 is 15.0 Å². The number of benzene rings is 2. The number of carbonyl (C=O) groups excluding carboxylic acids is 3. The molecule has 1 aromatic heterocycles. The maximum Gasteiger partial charge on any atom is 0.340 e. The summed E-state index contributed by atoms with van der Waals surface area (Å²) in [5.41, 5.74) is 0.648. The number of para-hydroxylation sites is 1. The number of nitrogens with zero attached hydrogens (tertiary/aromatic N) is 5. The van der Waals surface area contributed by atoms with Crippen LogP contribution >= 0.6 is 0 Å². The second-order valence-corrected chi connectivity index (χ2v) is 6.52. The van der Waals surface area contributed by atoms with Crippen molar-refractivity contribution in [1.82, 2.24) is 25.1 Å². The summed E-state index contributed by atoms with van der Waals surface area (Å²) < 4.78 is 20.1. The number of ether oxygens (including phenoxy) is 1. The number of hydrogen-bond acceptors (Lipinski definition) is 7. The fraction of sp³-hybridized carbons (Fsp3) is 0.200. The van der Waals surface area contributed by atoms with E-state index >= 15 is 0 Å². The van der Waals surface area contributed by atoms with E-state index in [1.54, 1.807) is 30.3 Å². The van der Waals surface area contributed by atoms with Gasteiger partial charge in [0.25, 0.3) is 5.91 Å². The predicted molar refractivity (Wildman–Crippen MR) is 106 cm³/mol. The minimum Gasteiger partial charge on any atom is -0.452 e. The summed E-state index contributed by atoms with van der Waals surface area (Å²) in [6.45, 7) is -0.640. The molecule has 0 radical (unpaired) electrons. The van der Waals surface area contributed by atoms with Crippen molar-refractivity contribution >= 4 is 23.5 Å². The van der Waals surface area contributed by atoms with Crippen LogP contribution in [0.2, 0.25) is 0 Å². The molecule has 0 spiro atoms. The number of aromatic nitrogens is 4. The van der Waals surface area contributed by atoms with Crippen molar-refractivity contribution in [3.63, 3.8) is 0 Å². The highest BCUT2D eigenvalue weighted by atomic mass is 19.1. The SMILES string of the molecule is CN(Cc1ccccc1F)C(=O)COC(=O)c1ccccc1NC(=O)Cn1cnnn1. The molecule has 0 atom stereocenters. The molecule has 2 amide bonds. The number of nitrogens with one attached hydrogen (secondary N) is 1. The van der Waals surface area contributed by atoms with Gasteiger partial charge in [-0.2, -0.15) is 0 Å². The zero-order valence-corrected chi connectivity index (χ0v) is 16.6. The molecule has 0 saturated carbocycles. The summed E-state index contributed by atoms with van der Waals surface area (Å²) in [7, 11) is 1.48. The Morgan fingerprint density at radius 1 is 1.13 bits per heavy atom. The monoisotopic (exact) mass is 426 g/mol. The van der Waals surface area contributed by atoms with Gasteiger partial charge in [0.2, 0.25) is 5.91 Å². The molecule has 0 bridgehead atoms. The molecule has 160 valence electrons. The summed E-state index contributed by atoms with van der Waals surface area (Å²) in [6.07, 6.45) is 1.28. The zero-order chi connectivity index (χ0) is 22.2. The Bertz CT molecular complexity index is 1070. The van der Waals surface area contributed by atoms with Crippen molar-refractivity contribution in [2.24, 2.45) is 0 Å². The molecule has 0 aliphatic carbocycles. The smallest absolute Gasteiger partial charge is 0.340 e. The van der Waals surface area contributed by atoms with E-state index in [4.69, 9.17) is 4.74 Å². The van der Waals surface area contributed by atoms with E-state index in [1.165, 1.54) is 41.2 Å². The molecule has 0 saturated heterocycles. The van der Waals surface area contributed by atoms with Crippen LogP contribution in [0.1, 0.15) is 15.9 Å². The third-order valence-corrected chi connectivity index (χ3v) is 4.24. The van der Waals surface area contributed by atoms with Crippen LogP contribution in [0.25, 0.3) is 0 Å². The lowest BCUT2D eigenvalue weighted by molar-refractivity contribution is -0.133. The quantitative estimate of drug-likeness (QED) is 0.539. The van der Waals surface area contributed by atoms with E-state index in [2.05, 4.69) is 20.8 Å². The van der Waals surface area contributed by atoms with Gasteiger partial charge in [0.15, 0.2) is 6.61 Å². The first kappa shape index (κ1) is 21.6. The summed E-state index contributed by atoms with van der Waals surface area (Å²) in [4.78, 5) is 38.1. The molecule has 3 rings (SSSR count). The Hall–Kier alpha value is -4.15. The number of halogens is 1. The van der Waals surface area contributed by atoms with E-state index < -0.39 is 30.2 Å². The first-order valence-electron chi connectivity index (χ1n) is 9.18. The molecular weight excluding hydrogens is 407 g/mol. The average Bonchev–Trinajstić information content (AvgIpc) is 3.26. The highest BCUT2D eigenvalue weighted by Gasteiger charge is 2.18. The van der Waals surface area contributed by atoms with E-state index in [9.17, 15) is 18.8 Å². The van der Waals surface area contributed by atoms with Crippen LogP contribution < -0.4 is 5.32 Å². The predicted octanol–water partition coefficient (Wildman–Crippen LogP) is 1.27. The Morgan fingerprint density at radius 2 is 1.87 bits per heavy atom. The lowest BCUT2D eigenvalue weighted by Crippen LogP contribution is -2.31. The molecule has 1 heterocycles. The van der Waals surface area contributed by atoms with Crippen LogP contribution in [0.3, 0.4) is 0 Å². The molecule has 1 N–H and O–H groups in total. The minimum absolute atomic E-state index is 0.0346. The molecule has 11 heteroatoms. The van der Waals surface area contributed by atoms with Gasteiger partial charge in [-0.05, 0) is 28.6 Å². The zero-order valence-electron chi connectivity index (χ0n) is 16.6. The van der Waals surface area contributed by atoms with Crippen LogP contribution in [0.4, 0.5) is 10.1 Å². The number of amides is 2. The normalized spacial score (nSPS) is 10.4. The van der Waals surface area contributed by atoms with Gasteiger partial charge in [-0.3, -0.25) is 9.59 Å². The second-order valence-electron chi connectivity index (χ2n) is 6.52. The van der Waals surface area contributed by atoms with Gasteiger partial charge >= 0.3 is 5.97 Å². The topological polar surface area (TPSA) is 119 Å².